The monoisotopic (exact) mass is 560 g/mol. The molecule has 0 fully saturated rings. The molecule has 4 rings (SSSR count). The minimum atomic E-state index is -3.86. The van der Waals surface area contributed by atoms with Gasteiger partial charge in [-0.15, -0.1) is 11.3 Å². The van der Waals surface area contributed by atoms with E-state index < -0.39 is 27.8 Å². The van der Waals surface area contributed by atoms with E-state index in [1.54, 1.807) is 17.5 Å². The summed E-state index contributed by atoms with van der Waals surface area (Å²) in [6, 6.07) is 11.6. The standard InChI is InChI=1S/C24H21ClN4O6S2/c1-2-3-13-35-23(32)17-6-4-5-7-18(17)29-21(30)19(25)20(22(29)31)27-15-8-10-16(11-9-15)37(33,34)28-24-26-12-14-36-24/h4-12,14,27H,2-3,13H2,1H3,(H,26,28). The van der Waals surface area contributed by atoms with Crippen molar-refractivity contribution in [1.82, 2.24) is 4.98 Å². The molecule has 13 heteroatoms. The van der Waals surface area contributed by atoms with E-state index in [1.807, 2.05) is 6.92 Å². The Morgan fingerprint density at radius 2 is 1.84 bits per heavy atom. The molecule has 0 spiro atoms. The summed E-state index contributed by atoms with van der Waals surface area (Å²) in [6.45, 7) is 2.17. The van der Waals surface area contributed by atoms with Crippen molar-refractivity contribution in [2.24, 2.45) is 0 Å². The summed E-state index contributed by atoms with van der Waals surface area (Å²) < 4.78 is 32.7. The number of anilines is 3. The Bertz CT molecular complexity index is 1470. The van der Waals surface area contributed by atoms with E-state index in [1.165, 1.54) is 42.6 Å². The van der Waals surface area contributed by atoms with Crippen molar-refractivity contribution in [2.45, 2.75) is 24.7 Å². The number of aromatic nitrogens is 1. The summed E-state index contributed by atoms with van der Waals surface area (Å²) in [5, 5.41) is 4.27. The van der Waals surface area contributed by atoms with Gasteiger partial charge in [0, 0.05) is 17.3 Å². The Kier molecular flexibility index (Phi) is 7.91. The third-order valence-electron chi connectivity index (χ3n) is 5.21. The molecule has 0 atom stereocenters. The Hall–Kier alpha value is -3.74. The normalized spacial score (nSPS) is 13.7. The van der Waals surface area contributed by atoms with Gasteiger partial charge in [0.25, 0.3) is 21.8 Å². The quantitative estimate of drug-likeness (QED) is 0.212. The van der Waals surface area contributed by atoms with Crippen molar-refractivity contribution in [2.75, 3.05) is 21.5 Å². The number of unbranched alkanes of at least 4 members (excludes halogenated alkanes) is 1. The molecule has 192 valence electrons. The van der Waals surface area contributed by atoms with Crippen LogP contribution in [0.2, 0.25) is 0 Å². The van der Waals surface area contributed by atoms with E-state index in [2.05, 4.69) is 15.0 Å². The smallest absolute Gasteiger partial charge is 0.340 e. The number of ether oxygens (including phenoxy) is 1. The number of amides is 2. The number of carbonyl (C=O) groups excluding carboxylic acids is 3. The first-order valence-corrected chi connectivity index (χ1v) is 13.8. The zero-order valence-corrected chi connectivity index (χ0v) is 21.8. The van der Waals surface area contributed by atoms with Crippen LogP contribution in [0.15, 0.2) is 75.7 Å². The maximum Gasteiger partial charge on any atom is 0.340 e. The number of para-hydroxylation sites is 1. The first kappa shape index (κ1) is 26.3. The van der Waals surface area contributed by atoms with Crippen molar-refractivity contribution >= 4 is 67.3 Å². The third-order valence-corrected chi connectivity index (χ3v) is 7.73. The number of hydrogen-bond donors (Lipinski definition) is 2. The van der Waals surface area contributed by atoms with Crippen LogP contribution in [0.4, 0.5) is 16.5 Å². The highest BCUT2D eigenvalue weighted by Gasteiger charge is 2.40. The number of hydrogen-bond acceptors (Lipinski definition) is 9. The molecular formula is C24H21ClN4O6S2. The molecule has 2 heterocycles. The van der Waals surface area contributed by atoms with Crippen LogP contribution in [0.1, 0.15) is 30.1 Å². The van der Waals surface area contributed by atoms with Crippen molar-refractivity contribution in [3.63, 3.8) is 0 Å². The molecule has 2 N–H and O–H groups in total. The Morgan fingerprint density at radius 3 is 2.51 bits per heavy atom. The van der Waals surface area contributed by atoms with Crippen molar-refractivity contribution in [3.05, 3.63) is 76.4 Å². The van der Waals surface area contributed by atoms with Gasteiger partial charge in [0.2, 0.25) is 0 Å². The molecule has 0 unspecified atom stereocenters. The number of thiazole rings is 1. The molecule has 1 aliphatic rings. The minimum Gasteiger partial charge on any atom is -0.462 e. The topological polar surface area (TPSA) is 135 Å². The highest BCUT2D eigenvalue weighted by molar-refractivity contribution is 7.93. The molecule has 37 heavy (non-hydrogen) atoms. The van der Waals surface area contributed by atoms with Crippen LogP contribution in [0.5, 0.6) is 0 Å². The average Bonchev–Trinajstić information content (AvgIpc) is 3.46. The first-order valence-electron chi connectivity index (χ1n) is 11.1. The molecule has 0 saturated carbocycles. The van der Waals surface area contributed by atoms with E-state index in [0.717, 1.165) is 22.7 Å². The fourth-order valence-electron chi connectivity index (χ4n) is 3.37. The Labute approximate surface area is 222 Å². The fourth-order valence-corrected chi connectivity index (χ4v) is 5.37. The molecule has 2 aromatic carbocycles. The Morgan fingerprint density at radius 1 is 1.11 bits per heavy atom. The molecule has 2 amide bonds. The van der Waals surface area contributed by atoms with Crippen LogP contribution < -0.4 is 14.9 Å². The van der Waals surface area contributed by atoms with Gasteiger partial charge in [0.05, 0.1) is 22.8 Å². The molecule has 0 bridgehead atoms. The predicted molar refractivity (Wildman–Crippen MR) is 140 cm³/mol. The van der Waals surface area contributed by atoms with Gasteiger partial charge in [-0.3, -0.25) is 14.3 Å². The number of esters is 1. The maximum atomic E-state index is 13.2. The number of sulfonamides is 1. The van der Waals surface area contributed by atoms with Crippen LogP contribution in [-0.2, 0) is 24.3 Å². The van der Waals surface area contributed by atoms with Crippen molar-refractivity contribution < 1.29 is 27.5 Å². The number of rotatable bonds is 10. The predicted octanol–water partition coefficient (Wildman–Crippen LogP) is 4.34. The summed E-state index contributed by atoms with van der Waals surface area (Å²) in [5.74, 6) is -2.24. The minimum absolute atomic E-state index is 0.0284. The molecule has 1 aliphatic heterocycles. The molecule has 0 saturated heterocycles. The zero-order valence-electron chi connectivity index (χ0n) is 19.4. The van der Waals surface area contributed by atoms with E-state index in [4.69, 9.17) is 16.3 Å². The summed E-state index contributed by atoms with van der Waals surface area (Å²) in [4.78, 5) is 43.4. The van der Waals surface area contributed by atoms with Gasteiger partial charge in [-0.05, 0) is 42.8 Å². The number of benzene rings is 2. The van der Waals surface area contributed by atoms with Gasteiger partial charge < -0.3 is 10.1 Å². The van der Waals surface area contributed by atoms with E-state index in [9.17, 15) is 22.8 Å². The SMILES string of the molecule is CCCCOC(=O)c1ccccc1N1C(=O)C(Cl)=C(Nc2ccc(S(=O)(=O)Nc3nccs3)cc2)C1=O. The lowest BCUT2D eigenvalue weighted by molar-refractivity contribution is -0.120. The summed E-state index contributed by atoms with van der Waals surface area (Å²) in [6.07, 6.45) is 2.99. The summed E-state index contributed by atoms with van der Waals surface area (Å²) >= 11 is 7.35. The van der Waals surface area contributed by atoms with Crippen LogP contribution in [0, 0.1) is 0 Å². The van der Waals surface area contributed by atoms with Crippen LogP contribution in [0.3, 0.4) is 0 Å². The molecule has 10 nitrogen and oxygen atoms in total. The van der Waals surface area contributed by atoms with Gasteiger partial charge in [0.15, 0.2) is 5.13 Å². The third kappa shape index (κ3) is 5.66. The maximum absolute atomic E-state index is 13.2. The fraction of sp³-hybridized carbons (Fsp3) is 0.167. The second-order valence-corrected chi connectivity index (χ2v) is 10.7. The molecule has 0 radical (unpaired) electrons. The number of nitrogens with one attached hydrogen (secondary N) is 2. The largest absolute Gasteiger partial charge is 0.462 e. The number of halogens is 1. The Balaban J connectivity index is 1.53. The van der Waals surface area contributed by atoms with Gasteiger partial charge in [0.1, 0.15) is 10.7 Å². The number of nitrogens with zero attached hydrogens (tertiary/aromatic N) is 2. The number of imide groups is 1. The van der Waals surface area contributed by atoms with E-state index in [-0.39, 0.29) is 38.6 Å². The lowest BCUT2D eigenvalue weighted by Gasteiger charge is -2.18. The average molecular weight is 561 g/mol. The second-order valence-electron chi connectivity index (χ2n) is 7.73. The molecule has 0 aliphatic carbocycles. The van der Waals surface area contributed by atoms with Crippen LogP contribution in [-0.4, -0.2) is 37.8 Å². The lowest BCUT2D eigenvalue weighted by Crippen LogP contribution is -2.33. The zero-order chi connectivity index (χ0) is 26.6. The van der Waals surface area contributed by atoms with Crippen LogP contribution >= 0.6 is 22.9 Å². The van der Waals surface area contributed by atoms with Crippen molar-refractivity contribution in [3.8, 4) is 0 Å². The summed E-state index contributed by atoms with van der Waals surface area (Å²) in [7, 11) is -3.86. The first-order chi connectivity index (χ1) is 17.7. The van der Waals surface area contributed by atoms with E-state index in [0.29, 0.717) is 12.1 Å². The van der Waals surface area contributed by atoms with Gasteiger partial charge in [-0.2, -0.15) is 0 Å². The molecule has 3 aromatic rings. The van der Waals surface area contributed by atoms with Gasteiger partial charge >= 0.3 is 5.97 Å². The second kappa shape index (κ2) is 11.1. The highest BCUT2D eigenvalue weighted by Crippen LogP contribution is 2.32. The van der Waals surface area contributed by atoms with Gasteiger partial charge in [-0.25, -0.2) is 23.1 Å². The molecular weight excluding hydrogens is 540 g/mol. The van der Waals surface area contributed by atoms with Crippen molar-refractivity contribution in [1.29, 1.82) is 0 Å². The van der Waals surface area contributed by atoms with Crippen LogP contribution in [0.25, 0.3) is 0 Å². The van der Waals surface area contributed by atoms with Gasteiger partial charge in [-0.1, -0.05) is 37.1 Å². The molecule has 1 aromatic heterocycles. The lowest BCUT2D eigenvalue weighted by atomic mass is 10.1. The number of carbonyl (C=O) groups is 3. The summed E-state index contributed by atoms with van der Waals surface area (Å²) in [5.41, 5.74) is 0.200. The highest BCUT2D eigenvalue weighted by atomic mass is 35.5. The van der Waals surface area contributed by atoms with E-state index >= 15 is 0 Å².